The summed E-state index contributed by atoms with van der Waals surface area (Å²) in [4.78, 5) is 4.46. The summed E-state index contributed by atoms with van der Waals surface area (Å²) in [5.74, 6) is 0.906. The Morgan fingerprint density at radius 1 is 1.44 bits per heavy atom. The zero-order valence-electron chi connectivity index (χ0n) is 10.5. The van der Waals surface area contributed by atoms with Crippen LogP contribution in [0.4, 0.5) is 0 Å². The van der Waals surface area contributed by atoms with Gasteiger partial charge in [-0.25, -0.2) is 4.98 Å². The number of hydrogen-bond donors (Lipinski definition) is 1. The number of benzene rings is 1. The van der Waals surface area contributed by atoms with Crippen molar-refractivity contribution in [1.29, 1.82) is 0 Å². The summed E-state index contributed by atoms with van der Waals surface area (Å²) in [6.45, 7) is 2.79. The highest BCUT2D eigenvalue weighted by molar-refractivity contribution is 5.29. The van der Waals surface area contributed by atoms with E-state index in [-0.39, 0.29) is 0 Å². The van der Waals surface area contributed by atoms with Gasteiger partial charge in [0.25, 0.3) is 0 Å². The standard InChI is InChI=1S/C14H17N3O/c1-18-12-4-2-3-11(7-12)9-17-10-16-13-8-15-6-5-14(13)17/h2-4,7,10,15H,5-6,8-9H2,1H3. The van der Waals surface area contributed by atoms with Gasteiger partial charge in [-0.3, -0.25) is 0 Å². The molecule has 2 aromatic rings. The largest absolute Gasteiger partial charge is 0.497 e. The zero-order chi connectivity index (χ0) is 12.4. The molecule has 1 aromatic heterocycles. The van der Waals surface area contributed by atoms with Crippen LogP contribution in [0.2, 0.25) is 0 Å². The molecule has 18 heavy (non-hydrogen) atoms. The van der Waals surface area contributed by atoms with Gasteiger partial charge in [-0.2, -0.15) is 0 Å². The molecule has 1 aliphatic rings. The van der Waals surface area contributed by atoms with E-state index in [0.29, 0.717) is 0 Å². The van der Waals surface area contributed by atoms with Crippen LogP contribution in [-0.4, -0.2) is 23.2 Å². The summed E-state index contributed by atoms with van der Waals surface area (Å²) in [6, 6.07) is 8.19. The Kier molecular flexibility index (Phi) is 3.02. The molecule has 94 valence electrons. The lowest BCUT2D eigenvalue weighted by molar-refractivity contribution is 0.414. The van der Waals surface area contributed by atoms with Crippen molar-refractivity contribution in [3.63, 3.8) is 0 Å². The number of ether oxygens (including phenoxy) is 1. The van der Waals surface area contributed by atoms with Crippen LogP contribution >= 0.6 is 0 Å². The monoisotopic (exact) mass is 243 g/mol. The van der Waals surface area contributed by atoms with Crippen LogP contribution in [0.1, 0.15) is 17.0 Å². The smallest absolute Gasteiger partial charge is 0.119 e. The predicted octanol–water partition coefficient (Wildman–Crippen LogP) is 1.59. The van der Waals surface area contributed by atoms with Gasteiger partial charge in [-0.1, -0.05) is 12.1 Å². The second kappa shape index (κ2) is 4.82. The van der Waals surface area contributed by atoms with Crippen molar-refractivity contribution >= 4 is 0 Å². The van der Waals surface area contributed by atoms with E-state index in [1.165, 1.54) is 17.0 Å². The lowest BCUT2D eigenvalue weighted by atomic mass is 10.1. The van der Waals surface area contributed by atoms with Gasteiger partial charge >= 0.3 is 0 Å². The van der Waals surface area contributed by atoms with Crippen molar-refractivity contribution in [2.45, 2.75) is 19.5 Å². The van der Waals surface area contributed by atoms with Gasteiger partial charge in [0, 0.05) is 31.7 Å². The van der Waals surface area contributed by atoms with Gasteiger partial charge in [0.15, 0.2) is 0 Å². The van der Waals surface area contributed by atoms with Crippen molar-refractivity contribution in [2.75, 3.05) is 13.7 Å². The molecule has 0 aliphatic carbocycles. The summed E-state index contributed by atoms with van der Waals surface area (Å²) in [5, 5.41) is 3.34. The van der Waals surface area contributed by atoms with Crippen LogP contribution in [0.25, 0.3) is 0 Å². The molecule has 0 atom stereocenters. The minimum atomic E-state index is 0.861. The molecule has 3 rings (SSSR count). The Morgan fingerprint density at radius 3 is 3.28 bits per heavy atom. The average Bonchev–Trinajstić information content (AvgIpc) is 2.83. The lowest BCUT2D eigenvalue weighted by Crippen LogP contribution is -2.25. The topological polar surface area (TPSA) is 39.1 Å². The number of imidazole rings is 1. The first-order valence-electron chi connectivity index (χ1n) is 6.23. The van der Waals surface area contributed by atoms with Crippen LogP contribution in [0.15, 0.2) is 30.6 Å². The molecule has 1 aliphatic heterocycles. The third kappa shape index (κ3) is 2.11. The Labute approximate surface area is 107 Å². The molecule has 1 aromatic carbocycles. The second-order valence-electron chi connectivity index (χ2n) is 4.54. The van der Waals surface area contributed by atoms with E-state index in [0.717, 1.165) is 31.8 Å². The van der Waals surface area contributed by atoms with Gasteiger partial charge in [-0.15, -0.1) is 0 Å². The first kappa shape index (κ1) is 11.3. The van der Waals surface area contributed by atoms with E-state index >= 15 is 0 Å². The molecule has 0 saturated heterocycles. The molecule has 1 N–H and O–H groups in total. The molecule has 0 unspecified atom stereocenters. The fraction of sp³-hybridized carbons (Fsp3) is 0.357. The molecule has 4 heteroatoms. The molecule has 4 nitrogen and oxygen atoms in total. The summed E-state index contributed by atoms with van der Waals surface area (Å²) in [5.41, 5.74) is 3.79. The highest BCUT2D eigenvalue weighted by Crippen LogP contribution is 2.17. The molecule has 0 saturated carbocycles. The number of methoxy groups -OCH3 is 1. The second-order valence-corrected chi connectivity index (χ2v) is 4.54. The van der Waals surface area contributed by atoms with Gasteiger partial charge < -0.3 is 14.6 Å². The van der Waals surface area contributed by atoms with Crippen LogP contribution in [-0.2, 0) is 19.5 Å². The Morgan fingerprint density at radius 2 is 2.39 bits per heavy atom. The maximum atomic E-state index is 5.25. The van der Waals surface area contributed by atoms with E-state index in [9.17, 15) is 0 Å². The van der Waals surface area contributed by atoms with E-state index in [4.69, 9.17) is 4.74 Å². The zero-order valence-corrected chi connectivity index (χ0v) is 10.5. The summed E-state index contributed by atoms with van der Waals surface area (Å²) in [6.07, 6.45) is 3.00. The van der Waals surface area contributed by atoms with Gasteiger partial charge in [0.05, 0.1) is 19.1 Å². The molecule has 0 bridgehead atoms. The van der Waals surface area contributed by atoms with E-state index in [1.54, 1.807) is 7.11 Å². The Hall–Kier alpha value is -1.81. The summed E-state index contributed by atoms with van der Waals surface area (Å²) < 4.78 is 7.49. The van der Waals surface area contributed by atoms with Crippen LogP contribution < -0.4 is 10.1 Å². The minimum Gasteiger partial charge on any atom is -0.497 e. The molecule has 0 amide bonds. The first-order chi connectivity index (χ1) is 8.86. The number of hydrogen-bond acceptors (Lipinski definition) is 3. The fourth-order valence-corrected chi connectivity index (χ4v) is 2.40. The molecule has 0 spiro atoms. The first-order valence-corrected chi connectivity index (χ1v) is 6.23. The lowest BCUT2D eigenvalue weighted by Gasteiger charge is -2.15. The maximum Gasteiger partial charge on any atom is 0.119 e. The van der Waals surface area contributed by atoms with Gasteiger partial charge in [0.2, 0.25) is 0 Å². The quantitative estimate of drug-likeness (QED) is 0.889. The molecule has 0 fully saturated rings. The number of nitrogens with zero attached hydrogens (tertiary/aromatic N) is 2. The van der Waals surface area contributed by atoms with E-state index < -0.39 is 0 Å². The number of aromatic nitrogens is 2. The SMILES string of the molecule is COc1cccc(Cn2cnc3c2CCNC3)c1. The number of fused-ring (bicyclic) bond motifs is 1. The van der Waals surface area contributed by atoms with Crippen LogP contribution in [0.5, 0.6) is 5.75 Å². The molecule has 0 radical (unpaired) electrons. The highest BCUT2D eigenvalue weighted by atomic mass is 16.5. The Balaban J connectivity index is 1.85. The van der Waals surface area contributed by atoms with Crippen molar-refractivity contribution in [3.05, 3.63) is 47.5 Å². The number of nitrogens with one attached hydrogen (secondary N) is 1. The Bertz CT molecular complexity index is 548. The summed E-state index contributed by atoms with van der Waals surface area (Å²) in [7, 11) is 1.70. The minimum absolute atomic E-state index is 0.861. The van der Waals surface area contributed by atoms with Crippen molar-refractivity contribution in [3.8, 4) is 5.75 Å². The van der Waals surface area contributed by atoms with Crippen molar-refractivity contribution < 1.29 is 4.74 Å². The predicted molar refractivity (Wildman–Crippen MR) is 69.7 cm³/mol. The fourth-order valence-electron chi connectivity index (χ4n) is 2.40. The van der Waals surface area contributed by atoms with Gasteiger partial charge in [0.1, 0.15) is 5.75 Å². The van der Waals surface area contributed by atoms with Crippen molar-refractivity contribution in [1.82, 2.24) is 14.9 Å². The number of rotatable bonds is 3. The average molecular weight is 243 g/mol. The third-order valence-corrected chi connectivity index (χ3v) is 3.35. The maximum absolute atomic E-state index is 5.25. The van der Waals surface area contributed by atoms with E-state index in [2.05, 4.69) is 27.0 Å². The molecule has 2 heterocycles. The highest BCUT2D eigenvalue weighted by Gasteiger charge is 2.14. The molecular weight excluding hydrogens is 226 g/mol. The van der Waals surface area contributed by atoms with Crippen molar-refractivity contribution in [2.24, 2.45) is 0 Å². The molecular formula is C14H17N3O. The van der Waals surface area contributed by atoms with Crippen LogP contribution in [0, 0.1) is 0 Å². The van der Waals surface area contributed by atoms with Crippen LogP contribution in [0.3, 0.4) is 0 Å². The third-order valence-electron chi connectivity index (χ3n) is 3.35. The summed E-state index contributed by atoms with van der Waals surface area (Å²) >= 11 is 0. The van der Waals surface area contributed by atoms with Gasteiger partial charge in [-0.05, 0) is 17.7 Å². The van der Waals surface area contributed by atoms with E-state index in [1.807, 2.05) is 18.5 Å². The normalized spacial score (nSPS) is 14.3.